The van der Waals surface area contributed by atoms with Crippen molar-refractivity contribution in [3.63, 3.8) is 0 Å². The van der Waals surface area contributed by atoms with E-state index < -0.39 is 0 Å². The summed E-state index contributed by atoms with van der Waals surface area (Å²) >= 11 is 0. The minimum atomic E-state index is 0.515. The van der Waals surface area contributed by atoms with Crippen molar-refractivity contribution in [2.24, 2.45) is 0 Å². The zero-order valence-corrected chi connectivity index (χ0v) is 31.7. The fourth-order valence-electron chi connectivity index (χ4n) is 7.69. The second-order valence-electron chi connectivity index (χ2n) is 14.5. The van der Waals surface area contributed by atoms with Crippen LogP contribution in [0.3, 0.4) is 0 Å². The molecule has 11 aromatic rings. The van der Waals surface area contributed by atoms with Crippen LogP contribution in [0.5, 0.6) is 0 Å². The van der Waals surface area contributed by atoms with Gasteiger partial charge in [-0.1, -0.05) is 176 Å². The van der Waals surface area contributed by atoms with E-state index in [0.29, 0.717) is 34.2 Å². The standard InChI is InChI=1S/C53H33N5O/c1-4-12-34(13-5-1)37-20-23-38(24-21-37)46-32-47(56-51(55-46)41-17-8-3-9-18-41)39-25-27-40(28-26-39)48-50-49(45-31-44(33-54-53(45)59-50)35-14-6-2-7-15-35)58-52(57-48)43-29-22-36-16-10-11-19-42(36)30-43/h1-33H. The molecule has 7 aromatic carbocycles. The number of pyridine rings is 1. The van der Waals surface area contributed by atoms with Crippen LogP contribution in [0.4, 0.5) is 0 Å². The van der Waals surface area contributed by atoms with Crippen LogP contribution < -0.4 is 0 Å². The van der Waals surface area contributed by atoms with Crippen molar-refractivity contribution < 1.29 is 4.42 Å². The van der Waals surface area contributed by atoms with Gasteiger partial charge in [0.25, 0.3) is 0 Å². The van der Waals surface area contributed by atoms with Gasteiger partial charge in [-0.05, 0) is 45.7 Å². The van der Waals surface area contributed by atoms with E-state index in [-0.39, 0.29) is 0 Å². The quantitative estimate of drug-likeness (QED) is 0.161. The first-order valence-corrected chi connectivity index (χ1v) is 19.6. The van der Waals surface area contributed by atoms with Crippen molar-refractivity contribution in [2.75, 3.05) is 0 Å². The number of hydrogen-bond donors (Lipinski definition) is 0. The van der Waals surface area contributed by atoms with Crippen LogP contribution in [0.15, 0.2) is 205 Å². The highest BCUT2D eigenvalue weighted by Crippen LogP contribution is 2.38. The van der Waals surface area contributed by atoms with E-state index in [9.17, 15) is 0 Å². The van der Waals surface area contributed by atoms with Gasteiger partial charge < -0.3 is 4.42 Å². The highest BCUT2D eigenvalue weighted by atomic mass is 16.3. The molecule has 0 atom stereocenters. The Bertz CT molecular complexity index is 3290. The summed E-state index contributed by atoms with van der Waals surface area (Å²) in [5.41, 5.74) is 13.3. The molecule has 0 aliphatic rings. The summed E-state index contributed by atoms with van der Waals surface area (Å²) < 4.78 is 6.51. The third-order valence-corrected chi connectivity index (χ3v) is 10.8. The summed E-state index contributed by atoms with van der Waals surface area (Å²) in [7, 11) is 0. The van der Waals surface area contributed by atoms with E-state index in [4.69, 9.17) is 29.3 Å². The van der Waals surface area contributed by atoms with Crippen LogP contribution in [0.1, 0.15) is 0 Å². The summed E-state index contributed by atoms with van der Waals surface area (Å²) in [4.78, 5) is 25.3. The first-order valence-electron chi connectivity index (χ1n) is 19.6. The maximum absolute atomic E-state index is 6.51. The molecule has 0 saturated heterocycles. The molecule has 0 amide bonds. The van der Waals surface area contributed by atoms with Crippen molar-refractivity contribution in [1.29, 1.82) is 0 Å². The Kier molecular flexibility index (Phi) is 8.37. The van der Waals surface area contributed by atoms with E-state index in [1.54, 1.807) is 0 Å². The molecule has 4 aromatic heterocycles. The second kappa shape index (κ2) is 14.4. The predicted molar refractivity (Wildman–Crippen MR) is 238 cm³/mol. The minimum absolute atomic E-state index is 0.515. The van der Waals surface area contributed by atoms with Gasteiger partial charge in [0, 0.05) is 39.6 Å². The molecular formula is C53H33N5O. The van der Waals surface area contributed by atoms with Crippen molar-refractivity contribution >= 4 is 33.0 Å². The summed E-state index contributed by atoms with van der Waals surface area (Å²) in [5, 5.41) is 3.12. The third-order valence-electron chi connectivity index (χ3n) is 10.8. The number of aromatic nitrogens is 5. The fourth-order valence-corrected chi connectivity index (χ4v) is 7.69. The summed E-state index contributed by atoms with van der Waals surface area (Å²) in [6, 6.07) is 66.5. The Morgan fingerprint density at radius 1 is 0.339 bits per heavy atom. The maximum Gasteiger partial charge on any atom is 0.229 e. The molecule has 0 spiro atoms. The Hall–Kier alpha value is -8.09. The van der Waals surface area contributed by atoms with E-state index in [2.05, 4.69) is 140 Å². The van der Waals surface area contributed by atoms with E-state index >= 15 is 0 Å². The molecule has 6 heteroatoms. The van der Waals surface area contributed by atoms with E-state index in [0.717, 1.165) is 72.1 Å². The van der Waals surface area contributed by atoms with Gasteiger partial charge in [0.1, 0.15) is 11.2 Å². The predicted octanol–water partition coefficient (Wildman–Crippen LogP) is 13.4. The molecule has 0 aliphatic carbocycles. The van der Waals surface area contributed by atoms with Crippen molar-refractivity contribution in [3.05, 3.63) is 200 Å². The molecule has 0 aliphatic heterocycles. The van der Waals surface area contributed by atoms with Gasteiger partial charge in [0.2, 0.25) is 5.71 Å². The van der Waals surface area contributed by atoms with Crippen molar-refractivity contribution in [2.45, 2.75) is 0 Å². The zero-order valence-electron chi connectivity index (χ0n) is 31.7. The van der Waals surface area contributed by atoms with Crippen LogP contribution in [-0.4, -0.2) is 24.9 Å². The Morgan fingerprint density at radius 2 is 0.847 bits per heavy atom. The van der Waals surface area contributed by atoms with Crippen LogP contribution in [0, 0.1) is 0 Å². The minimum Gasteiger partial charge on any atom is -0.434 e. The van der Waals surface area contributed by atoms with Crippen LogP contribution in [0.25, 0.3) is 112 Å². The SMILES string of the molecule is c1ccc(-c2ccc(-c3cc(-c4ccc(-c5nc(-c6ccc7ccccc7c6)nc6c5oc5ncc(-c7ccccc7)cc56)cc4)nc(-c4ccccc4)n3)cc2)cc1. The number of nitrogens with zero attached hydrogens (tertiary/aromatic N) is 5. The average molecular weight is 756 g/mol. The second-order valence-corrected chi connectivity index (χ2v) is 14.5. The number of hydrogen-bond acceptors (Lipinski definition) is 6. The van der Waals surface area contributed by atoms with Crippen LogP contribution >= 0.6 is 0 Å². The Balaban J connectivity index is 1.03. The van der Waals surface area contributed by atoms with Gasteiger partial charge in [-0.2, -0.15) is 0 Å². The van der Waals surface area contributed by atoms with Crippen LogP contribution in [0.2, 0.25) is 0 Å². The van der Waals surface area contributed by atoms with Crippen LogP contribution in [-0.2, 0) is 0 Å². The first kappa shape index (κ1) is 34.2. The molecule has 0 unspecified atom stereocenters. The van der Waals surface area contributed by atoms with Gasteiger partial charge in [-0.3, -0.25) is 0 Å². The highest BCUT2D eigenvalue weighted by Gasteiger charge is 2.20. The zero-order chi connectivity index (χ0) is 39.1. The number of fused-ring (bicyclic) bond motifs is 4. The summed E-state index contributed by atoms with van der Waals surface area (Å²) in [6.07, 6.45) is 1.85. The fraction of sp³-hybridized carbons (Fsp3) is 0. The topological polar surface area (TPSA) is 77.6 Å². The van der Waals surface area contributed by atoms with Gasteiger partial charge in [0.15, 0.2) is 17.2 Å². The lowest BCUT2D eigenvalue weighted by Gasteiger charge is -2.11. The first-order chi connectivity index (χ1) is 29.2. The normalized spacial score (nSPS) is 11.4. The summed E-state index contributed by atoms with van der Waals surface area (Å²) in [5.74, 6) is 1.28. The number of rotatable bonds is 7. The molecule has 0 saturated carbocycles. The lowest BCUT2D eigenvalue weighted by atomic mass is 10.0. The molecule has 0 N–H and O–H groups in total. The molecule has 11 rings (SSSR count). The van der Waals surface area contributed by atoms with Gasteiger partial charge in [-0.15, -0.1) is 0 Å². The highest BCUT2D eigenvalue weighted by molar-refractivity contribution is 6.07. The maximum atomic E-state index is 6.51. The number of furan rings is 1. The van der Waals surface area contributed by atoms with Gasteiger partial charge in [0.05, 0.1) is 16.8 Å². The molecule has 0 fully saturated rings. The lowest BCUT2D eigenvalue weighted by Crippen LogP contribution is -1.96. The van der Waals surface area contributed by atoms with Gasteiger partial charge in [-0.25, -0.2) is 24.9 Å². The molecule has 59 heavy (non-hydrogen) atoms. The molecule has 0 bridgehead atoms. The van der Waals surface area contributed by atoms with E-state index in [1.165, 1.54) is 5.56 Å². The van der Waals surface area contributed by atoms with E-state index in [1.807, 2.05) is 60.8 Å². The average Bonchev–Trinajstić information content (AvgIpc) is 3.70. The Labute approximate surface area is 340 Å². The molecule has 0 radical (unpaired) electrons. The summed E-state index contributed by atoms with van der Waals surface area (Å²) in [6.45, 7) is 0. The van der Waals surface area contributed by atoms with Crippen molar-refractivity contribution in [1.82, 2.24) is 24.9 Å². The van der Waals surface area contributed by atoms with Crippen molar-refractivity contribution in [3.8, 4) is 78.8 Å². The molecule has 6 nitrogen and oxygen atoms in total. The lowest BCUT2D eigenvalue weighted by molar-refractivity contribution is 0.653. The monoisotopic (exact) mass is 755 g/mol. The molecular weight excluding hydrogens is 723 g/mol. The third kappa shape index (κ3) is 6.49. The molecule has 276 valence electrons. The Morgan fingerprint density at radius 3 is 1.51 bits per heavy atom. The molecule has 4 heterocycles. The number of benzene rings is 7. The van der Waals surface area contributed by atoms with Gasteiger partial charge >= 0.3 is 0 Å². The largest absolute Gasteiger partial charge is 0.434 e. The smallest absolute Gasteiger partial charge is 0.229 e.